The standard InChI is InChI=1S/C17H14N2O2/c20-11-17(21)19-18-10-16-14-7-3-1-5-12(14)9-13-6-2-4-8-15(13)16/h1-10,20H,11H2,(H,19,21). The van der Waals surface area contributed by atoms with Crippen molar-refractivity contribution in [2.75, 3.05) is 6.61 Å². The molecule has 0 saturated carbocycles. The second-order valence-corrected chi connectivity index (χ2v) is 4.68. The zero-order valence-corrected chi connectivity index (χ0v) is 11.3. The lowest BCUT2D eigenvalue weighted by Gasteiger charge is -2.07. The Labute approximate surface area is 121 Å². The molecule has 3 aromatic carbocycles. The molecule has 0 heterocycles. The maximum absolute atomic E-state index is 11.1. The SMILES string of the molecule is O=C(CO)NN=Cc1c2ccccc2cc2ccccc12. The van der Waals surface area contributed by atoms with Gasteiger partial charge in [-0.1, -0.05) is 48.5 Å². The van der Waals surface area contributed by atoms with Crippen molar-refractivity contribution in [3.8, 4) is 0 Å². The van der Waals surface area contributed by atoms with E-state index in [1.54, 1.807) is 6.21 Å². The van der Waals surface area contributed by atoms with Crippen molar-refractivity contribution in [2.45, 2.75) is 0 Å². The number of carbonyl (C=O) groups excluding carboxylic acids is 1. The van der Waals surface area contributed by atoms with Gasteiger partial charge in [0.25, 0.3) is 5.91 Å². The molecule has 21 heavy (non-hydrogen) atoms. The Morgan fingerprint density at radius 3 is 2.19 bits per heavy atom. The lowest BCUT2D eigenvalue weighted by atomic mass is 9.97. The molecule has 2 N–H and O–H groups in total. The molecular weight excluding hydrogens is 264 g/mol. The molecule has 0 unspecified atom stereocenters. The first-order valence-electron chi connectivity index (χ1n) is 6.63. The van der Waals surface area contributed by atoms with E-state index in [0.29, 0.717) is 0 Å². The summed E-state index contributed by atoms with van der Waals surface area (Å²) in [5.74, 6) is -0.532. The molecule has 0 aliphatic rings. The molecule has 0 aromatic heterocycles. The zero-order chi connectivity index (χ0) is 14.7. The number of hydrazone groups is 1. The minimum atomic E-state index is -0.576. The molecule has 0 aliphatic carbocycles. The van der Waals surface area contributed by atoms with E-state index >= 15 is 0 Å². The summed E-state index contributed by atoms with van der Waals surface area (Å²) in [6, 6.07) is 18.2. The van der Waals surface area contributed by atoms with Crippen LogP contribution in [0.3, 0.4) is 0 Å². The lowest BCUT2D eigenvalue weighted by Crippen LogP contribution is -2.20. The van der Waals surface area contributed by atoms with Crippen LogP contribution in [-0.4, -0.2) is 23.8 Å². The predicted octanol–water partition coefficient (Wildman–Crippen LogP) is 2.44. The van der Waals surface area contributed by atoms with Crippen LogP contribution in [0.2, 0.25) is 0 Å². The quantitative estimate of drug-likeness (QED) is 0.439. The van der Waals surface area contributed by atoms with Gasteiger partial charge in [0.1, 0.15) is 6.61 Å². The fourth-order valence-corrected chi connectivity index (χ4v) is 2.39. The van der Waals surface area contributed by atoms with E-state index in [0.717, 1.165) is 27.1 Å². The Balaban J connectivity index is 2.18. The van der Waals surface area contributed by atoms with Gasteiger partial charge in [0.2, 0.25) is 0 Å². The molecule has 1 amide bonds. The molecular formula is C17H14N2O2. The molecule has 4 heteroatoms. The first-order chi connectivity index (χ1) is 10.3. The van der Waals surface area contributed by atoms with Crippen LogP contribution in [0, 0.1) is 0 Å². The summed E-state index contributed by atoms with van der Waals surface area (Å²) in [7, 11) is 0. The van der Waals surface area contributed by atoms with Crippen molar-refractivity contribution in [1.29, 1.82) is 0 Å². The van der Waals surface area contributed by atoms with Gasteiger partial charge in [-0.15, -0.1) is 0 Å². The van der Waals surface area contributed by atoms with Gasteiger partial charge >= 0.3 is 0 Å². The van der Waals surface area contributed by atoms with E-state index in [1.807, 2.05) is 48.5 Å². The number of hydrogen-bond acceptors (Lipinski definition) is 3. The Kier molecular flexibility index (Phi) is 3.62. The monoisotopic (exact) mass is 278 g/mol. The number of amides is 1. The van der Waals surface area contributed by atoms with Crippen LogP contribution in [0.15, 0.2) is 59.7 Å². The number of aliphatic hydroxyl groups is 1. The zero-order valence-electron chi connectivity index (χ0n) is 11.3. The highest BCUT2D eigenvalue weighted by molar-refractivity contribution is 6.13. The van der Waals surface area contributed by atoms with Crippen molar-refractivity contribution in [1.82, 2.24) is 5.43 Å². The fourth-order valence-electron chi connectivity index (χ4n) is 2.39. The van der Waals surface area contributed by atoms with Crippen molar-refractivity contribution < 1.29 is 9.90 Å². The van der Waals surface area contributed by atoms with E-state index in [9.17, 15) is 4.79 Å². The maximum Gasteiger partial charge on any atom is 0.265 e. The number of fused-ring (bicyclic) bond motifs is 2. The fraction of sp³-hybridized carbons (Fsp3) is 0.0588. The largest absolute Gasteiger partial charge is 0.386 e. The summed E-state index contributed by atoms with van der Waals surface area (Å²) in [5, 5.41) is 17.0. The molecule has 0 aliphatic heterocycles. The average Bonchev–Trinajstić information content (AvgIpc) is 2.54. The summed E-state index contributed by atoms with van der Waals surface area (Å²) in [6.45, 7) is -0.576. The second-order valence-electron chi connectivity index (χ2n) is 4.68. The molecule has 0 bridgehead atoms. The summed E-state index contributed by atoms with van der Waals surface area (Å²) in [6.07, 6.45) is 1.62. The van der Waals surface area contributed by atoms with Gasteiger partial charge in [-0.05, 0) is 27.6 Å². The van der Waals surface area contributed by atoms with E-state index < -0.39 is 12.5 Å². The number of aliphatic hydroxyl groups excluding tert-OH is 1. The Hall–Kier alpha value is -2.72. The Morgan fingerprint density at radius 1 is 1.05 bits per heavy atom. The summed E-state index contributed by atoms with van der Waals surface area (Å²) in [4.78, 5) is 11.1. The lowest BCUT2D eigenvalue weighted by molar-refractivity contribution is -0.123. The molecule has 0 atom stereocenters. The van der Waals surface area contributed by atoms with Gasteiger partial charge < -0.3 is 5.11 Å². The van der Waals surface area contributed by atoms with Crippen LogP contribution < -0.4 is 5.43 Å². The van der Waals surface area contributed by atoms with Crippen molar-refractivity contribution in [3.05, 3.63) is 60.2 Å². The summed E-state index contributed by atoms with van der Waals surface area (Å²) >= 11 is 0. The highest BCUT2D eigenvalue weighted by atomic mass is 16.3. The van der Waals surface area contributed by atoms with Gasteiger partial charge in [0.15, 0.2) is 0 Å². The van der Waals surface area contributed by atoms with Crippen molar-refractivity contribution >= 4 is 33.7 Å². The van der Waals surface area contributed by atoms with Crippen LogP contribution >= 0.6 is 0 Å². The first kappa shape index (κ1) is 13.3. The van der Waals surface area contributed by atoms with Crippen LogP contribution in [0.1, 0.15) is 5.56 Å². The number of carbonyl (C=O) groups is 1. The summed E-state index contributed by atoms with van der Waals surface area (Å²) < 4.78 is 0. The molecule has 0 radical (unpaired) electrons. The summed E-state index contributed by atoms with van der Waals surface area (Å²) in [5.41, 5.74) is 3.24. The minimum Gasteiger partial charge on any atom is -0.386 e. The number of hydrogen-bond donors (Lipinski definition) is 2. The second kappa shape index (κ2) is 5.73. The van der Waals surface area contributed by atoms with Crippen molar-refractivity contribution in [3.63, 3.8) is 0 Å². The van der Waals surface area contributed by atoms with E-state index in [4.69, 9.17) is 5.11 Å². The topological polar surface area (TPSA) is 61.7 Å². The van der Waals surface area contributed by atoms with Crippen LogP contribution in [0.5, 0.6) is 0 Å². The number of nitrogens with zero attached hydrogens (tertiary/aromatic N) is 1. The van der Waals surface area contributed by atoms with Crippen LogP contribution in [-0.2, 0) is 4.79 Å². The Morgan fingerprint density at radius 2 is 1.62 bits per heavy atom. The normalized spacial score (nSPS) is 11.3. The smallest absolute Gasteiger partial charge is 0.265 e. The van der Waals surface area contributed by atoms with Crippen LogP contribution in [0.25, 0.3) is 21.5 Å². The molecule has 4 nitrogen and oxygen atoms in total. The van der Waals surface area contributed by atoms with Gasteiger partial charge in [0, 0.05) is 5.56 Å². The first-order valence-corrected chi connectivity index (χ1v) is 6.63. The third kappa shape index (κ3) is 2.61. The number of benzene rings is 3. The molecule has 0 fully saturated rings. The van der Waals surface area contributed by atoms with E-state index in [2.05, 4.69) is 16.6 Å². The number of nitrogens with one attached hydrogen (secondary N) is 1. The molecule has 3 rings (SSSR count). The minimum absolute atomic E-state index is 0.532. The molecule has 0 saturated heterocycles. The molecule has 3 aromatic rings. The highest BCUT2D eigenvalue weighted by Gasteiger charge is 2.05. The number of rotatable bonds is 3. The van der Waals surface area contributed by atoms with E-state index in [1.165, 1.54) is 0 Å². The Bertz CT molecular complexity index is 786. The van der Waals surface area contributed by atoms with Gasteiger partial charge in [0.05, 0.1) is 6.21 Å². The average molecular weight is 278 g/mol. The molecule has 104 valence electrons. The van der Waals surface area contributed by atoms with Gasteiger partial charge in [-0.3, -0.25) is 4.79 Å². The molecule has 0 spiro atoms. The van der Waals surface area contributed by atoms with E-state index in [-0.39, 0.29) is 0 Å². The van der Waals surface area contributed by atoms with Gasteiger partial charge in [-0.25, -0.2) is 5.43 Å². The predicted molar refractivity (Wildman–Crippen MR) is 84.3 cm³/mol. The third-order valence-electron chi connectivity index (χ3n) is 3.34. The highest BCUT2D eigenvalue weighted by Crippen LogP contribution is 2.27. The van der Waals surface area contributed by atoms with Crippen LogP contribution in [0.4, 0.5) is 0 Å². The van der Waals surface area contributed by atoms with Gasteiger partial charge in [-0.2, -0.15) is 5.10 Å². The maximum atomic E-state index is 11.1. The third-order valence-corrected chi connectivity index (χ3v) is 3.34. The van der Waals surface area contributed by atoms with Crippen molar-refractivity contribution in [2.24, 2.45) is 5.10 Å².